The summed E-state index contributed by atoms with van der Waals surface area (Å²) in [5, 5.41) is 18.6. The Morgan fingerprint density at radius 3 is 1.80 bits per heavy atom. The van der Waals surface area contributed by atoms with Crippen molar-refractivity contribution < 1.29 is 33.9 Å². The maximum atomic E-state index is 9.85. The summed E-state index contributed by atoms with van der Waals surface area (Å²) in [4.78, 5) is 0. The minimum Gasteiger partial charge on any atom is -0.499 e. The molecular weight excluding hydrogens is 604 g/mol. The van der Waals surface area contributed by atoms with Crippen LogP contribution in [0.15, 0.2) is 109 Å². The predicted molar refractivity (Wildman–Crippen MR) is 180 cm³/mol. The molecular formula is C38H41ClO7. The highest BCUT2D eigenvalue weighted by Crippen LogP contribution is 2.56. The number of fused-ring (bicyclic) bond motifs is 3. The number of hydrogen-bond donors (Lipinski definition) is 2. The van der Waals surface area contributed by atoms with Crippen LogP contribution in [0, 0.1) is 0 Å². The van der Waals surface area contributed by atoms with E-state index < -0.39 is 11.5 Å². The molecule has 0 fully saturated rings. The van der Waals surface area contributed by atoms with Crippen LogP contribution in [0.25, 0.3) is 11.1 Å². The molecule has 0 saturated carbocycles. The molecule has 242 valence electrons. The Kier molecular flexibility index (Phi) is 12.1. The van der Waals surface area contributed by atoms with Crippen molar-refractivity contribution in [2.75, 3.05) is 58.7 Å². The minimum absolute atomic E-state index is 0.0117. The average Bonchev–Trinajstić information content (AvgIpc) is 3.40. The van der Waals surface area contributed by atoms with Gasteiger partial charge in [-0.2, -0.15) is 0 Å². The molecule has 0 aromatic heterocycles. The smallest absolute Gasteiger partial charge is 0.119 e. The van der Waals surface area contributed by atoms with Crippen LogP contribution in [0.3, 0.4) is 0 Å². The van der Waals surface area contributed by atoms with Gasteiger partial charge in [-0.05, 0) is 70.1 Å². The molecule has 0 saturated heterocycles. The topological polar surface area (TPSA) is 86.6 Å². The summed E-state index contributed by atoms with van der Waals surface area (Å²) in [6.07, 6.45) is 0.980. The highest BCUT2D eigenvalue weighted by atomic mass is 35.5. The first kappa shape index (κ1) is 33.5. The van der Waals surface area contributed by atoms with Crippen molar-refractivity contribution in [2.24, 2.45) is 0 Å². The number of hydrogen-bond acceptors (Lipinski definition) is 7. The fourth-order valence-electron chi connectivity index (χ4n) is 5.79. The van der Waals surface area contributed by atoms with Crippen LogP contribution in [0.5, 0.6) is 11.5 Å². The standard InChI is InChI=1S/C38H41ClO7/c1-28(25-44-23-22-43-21-20-42-19-18-40)26-45-32-14-10-29(11-15-32)38(30-12-16-33(17-13-30)46-27-31(41)24-39)36-8-4-2-6-34(36)35-7-3-5-9-37(35)38/h2-17,25,31,40-41H,18-24,26-27H2,1H3/b28-25+/t31-/m1/s1. The third-order valence-electron chi connectivity index (χ3n) is 7.85. The molecule has 4 aromatic rings. The van der Waals surface area contributed by atoms with Gasteiger partial charge < -0.3 is 33.9 Å². The second kappa shape index (κ2) is 16.6. The molecule has 2 N–H and O–H groups in total. The van der Waals surface area contributed by atoms with Crippen LogP contribution in [0.2, 0.25) is 0 Å². The summed E-state index contributed by atoms with van der Waals surface area (Å²) in [7, 11) is 0. The molecule has 5 rings (SSSR count). The van der Waals surface area contributed by atoms with E-state index in [1.165, 1.54) is 22.3 Å². The quantitative estimate of drug-likeness (QED) is 0.0653. The van der Waals surface area contributed by atoms with Crippen molar-refractivity contribution in [2.45, 2.75) is 18.4 Å². The fraction of sp³-hybridized carbons (Fsp3) is 0.316. The van der Waals surface area contributed by atoms with Gasteiger partial charge in [0.25, 0.3) is 0 Å². The average molecular weight is 645 g/mol. The first-order valence-electron chi connectivity index (χ1n) is 15.5. The van der Waals surface area contributed by atoms with E-state index >= 15 is 0 Å². The molecule has 1 atom stereocenters. The molecule has 1 aliphatic rings. The molecule has 8 heteroatoms. The van der Waals surface area contributed by atoms with Crippen LogP contribution >= 0.6 is 11.6 Å². The maximum absolute atomic E-state index is 9.85. The van der Waals surface area contributed by atoms with Gasteiger partial charge in [-0.25, -0.2) is 0 Å². The molecule has 0 amide bonds. The largest absolute Gasteiger partial charge is 0.499 e. The van der Waals surface area contributed by atoms with Crippen LogP contribution < -0.4 is 9.47 Å². The Bertz CT molecular complexity index is 1510. The van der Waals surface area contributed by atoms with Crippen molar-refractivity contribution in [1.29, 1.82) is 0 Å². The van der Waals surface area contributed by atoms with E-state index in [9.17, 15) is 5.11 Å². The van der Waals surface area contributed by atoms with E-state index in [1.54, 1.807) is 6.26 Å². The molecule has 0 aliphatic heterocycles. The Hall–Kier alpha value is -3.85. The number of aliphatic hydroxyl groups excluding tert-OH is 2. The monoisotopic (exact) mass is 644 g/mol. The van der Waals surface area contributed by atoms with Crippen LogP contribution in [0.4, 0.5) is 0 Å². The molecule has 0 unspecified atom stereocenters. The lowest BCUT2D eigenvalue weighted by molar-refractivity contribution is 0.0201. The first-order valence-corrected chi connectivity index (χ1v) is 16.0. The third kappa shape index (κ3) is 7.74. The van der Waals surface area contributed by atoms with Gasteiger partial charge in [0.05, 0.1) is 50.6 Å². The fourth-order valence-corrected chi connectivity index (χ4v) is 5.88. The van der Waals surface area contributed by atoms with E-state index in [0.717, 1.165) is 22.4 Å². The number of rotatable bonds is 18. The Balaban J connectivity index is 1.32. The van der Waals surface area contributed by atoms with Crippen molar-refractivity contribution in [3.8, 4) is 22.6 Å². The molecule has 0 radical (unpaired) electrons. The molecule has 1 aliphatic carbocycles. The van der Waals surface area contributed by atoms with E-state index in [0.29, 0.717) is 45.4 Å². The van der Waals surface area contributed by atoms with Gasteiger partial charge in [0.1, 0.15) is 37.4 Å². The summed E-state index contributed by atoms with van der Waals surface area (Å²) < 4.78 is 28.1. The maximum Gasteiger partial charge on any atom is 0.119 e. The molecule has 46 heavy (non-hydrogen) atoms. The zero-order chi connectivity index (χ0) is 32.2. The predicted octanol–water partition coefficient (Wildman–Crippen LogP) is 6.35. The lowest BCUT2D eigenvalue weighted by atomic mass is 9.68. The lowest BCUT2D eigenvalue weighted by Crippen LogP contribution is -2.28. The van der Waals surface area contributed by atoms with Gasteiger partial charge in [0.2, 0.25) is 0 Å². The normalized spacial score (nSPS) is 14.0. The van der Waals surface area contributed by atoms with Crippen molar-refractivity contribution >= 4 is 11.6 Å². The summed E-state index contributed by atoms with van der Waals surface area (Å²) in [5.41, 5.74) is 7.50. The van der Waals surface area contributed by atoms with Gasteiger partial charge in [0, 0.05) is 0 Å². The number of aliphatic hydroxyl groups is 2. The van der Waals surface area contributed by atoms with Crippen LogP contribution in [-0.4, -0.2) is 75.1 Å². The summed E-state index contributed by atoms with van der Waals surface area (Å²) in [5.74, 6) is 1.56. The third-order valence-corrected chi connectivity index (χ3v) is 8.21. The SMILES string of the molecule is C/C(=C\OCCOCCOCCO)COc1ccc(C2(c3ccc(OC[C@H](O)CCl)cc3)c3ccccc3-c3ccccc32)cc1. The van der Waals surface area contributed by atoms with Gasteiger partial charge in [-0.3, -0.25) is 0 Å². The summed E-state index contributed by atoms with van der Waals surface area (Å²) in [6.45, 7) is 4.62. The first-order chi connectivity index (χ1) is 22.6. The Morgan fingerprint density at radius 2 is 1.24 bits per heavy atom. The van der Waals surface area contributed by atoms with E-state index in [-0.39, 0.29) is 19.1 Å². The van der Waals surface area contributed by atoms with Crippen LogP contribution in [0.1, 0.15) is 29.2 Å². The number of benzene rings is 4. The van der Waals surface area contributed by atoms with Crippen LogP contribution in [-0.2, 0) is 19.6 Å². The minimum atomic E-state index is -0.720. The second-order valence-electron chi connectivity index (χ2n) is 11.1. The highest BCUT2D eigenvalue weighted by molar-refractivity contribution is 6.18. The Morgan fingerprint density at radius 1 is 0.717 bits per heavy atom. The molecule has 0 bridgehead atoms. The van der Waals surface area contributed by atoms with Gasteiger partial charge in [-0.15, -0.1) is 11.6 Å². The van der Waals surface area contributed by atoms with Gasteiger partial charge in [0.15, 0.2) is 0 Å². The van der Waals surface area contributed by atoms with E-state index in [4.69, 9.17) is 40.4 Å². The molecule has 4 aromatic carbocycles. The number of ether oxygens (including phenoxy) is 5. The summed E-state index contributed by atoms with van der Waals surface area (Å²) >= 11 is 5.75. The van der Waals surface area contributed by atoms with Crippen molar-refractivity contribution in [3.63, 3.8) is 0 Å². The zero-order valence-corrected chi connectivity index (χ0v) is 26.8. The highest BCUT2D eigenvalue weighted by Gasteiger charge is 2.45. The molecule has 7 nitrogen and oxygen atoms in total. The van der Waals surface area contributed by atoms with Gasteiger partial charge >= 0.3 is 0 Å². The summed E-state index contributed by atoms with van der Waals surface area (Å²) in [6, 6.07) is 33.6. The van der Waals surface area contributed by atoms with E-state index in [2.05, 4.69) is 72.8 Å². The van der Waals surface area contributed by atoms with Crippen molar-refractivity contribution in [3.05, 3.63) is 131 Å². The van der Waals surface area contributed by atoms with E-state index in [1.807, 2.05) is 31.2 Å². The second-order valence-corrected chi connectivity index (χ2v) is 11.4. The molecule has 0 spiro atoms. The Labute approximate surface area is 275 Å². The molecule has 0 heterocycles. The number of halogens is 1. The van der Waals surface area contributed by atoms with Gasteiger partial charge in [-0.1, -0.05) is 72.8 Å². The number of alkyl halides is 1. The zero-order valence-electron chi connectivity index (χ0n) is 26.1. The lowest BCUT2D eigenvalue weighted by Gasteiger charge is -2.34. The van der Waals surface area contributed by atoms with Crippen molar-refractivity contribution in [1.82, 2.24) is 0 Å².